The summed E-state index contributed by atoms with van der Waals surface area (Å²) in [5.74, 6) is 1.49. The molecule has 0 bridgehead atoms. The van der Waals surface area contributed by atoms with E-state index in [0.29, 0.717) is 0 Å². The van der Waals surface area contributed by atoms with Crippen LogP contribution in [0.25, 0.3) is 64.6 Å². The molecule has 0 saturated carbocycles. The standard InChI is InChI=1S/C16H10.C14H14.C14H10.C10H8.8CH5N/c1-3-11-7-9-13-5-2-6-14-10-8-12(4-1)15(11)16(13)14;2*1-2-6-12-10-14-8-4-3-7-13(14)9-11(12)5-1;1-2-6-10-8-4-3-7-9(10)5-1;8*1-2/h1-10H;1-8,11-12H,9-10H2;1-10H;1-8H;8*2H2,1H3. The molecule has 12 rings (SSSR count). The summed E-state index contributed by atoms with van der Waals surface area (Å²) in [5.41, 5.74) is 39.1. The van der Waals surface area contributed by atoms with Crippen LogP contribution < -0.4 is 45.9 Å². The number of fused-ring (bicyclic) bond motifs is 5. The van der Waals surface area contributed by atoms with E-state index in [1.54, 1.807) is 11.1 Å². The molecule has 10 aromatic carbocycles. The Bertz CT molecular complexity index is 2600. The van der Waals surface area contributed by atoms with E-state index in [1.807, 2.05) is 0 Å². The molecule has 70 heavy (non-hydrogen) atoms. The minimum absolute atomic E-state index is 0.745. The van der Waals surface area contributed by atoms with Gasteiger partial charge < -0.3 is 45.9 Å². The third-order valence-electron chi connectivity index (χ3n) is 11.1. The topological polar surface area (TPSA) is 208 Å². The summed E-state index contributed by atoms with van der Waals surface area (Å²) in [6.07, 6.45) is 11.6. The maximum Gasteiger partial charge on any atom is -0.00268 e. The molecule has 16 N–H and O–H groups in total. The van der Waals surface area contributed by atoms with Gasteiger partial charge in [-0.2, -0.15) is 0 Å². The first kappa shape index (κ1) is 61.2. The molecule has 2 unspecified atom stereocenters. The molecule has 0 saturated heterocycles. The van der Waals surface area contributed by atoms with E-state index in [0.717, 1.165) is 11.8 Å². The highest BCUT2D eigenvalue weighted by atomic mass is 14.4. The SMILES string of the molecule is C1=CC2Cc3ccccc3CC2C=C1.CN.CN.CN.CN.CN.CN.CN.CN.c1cc2ccc3cccc4ccc(c1)c2c34.c1ccc2cc3ccccc3cc2c1.c1ccc2ccccc2c1. The van der Waals surface area contributed by atoms with Gasteiger partial charge >= 0.3 is 0 Å². The van der Waals surface area contributed by atoms with Crippen LogP contribution in [0.3, 0.4) is 0 Å². The quantitative estimate of drug-likeness (QED) is 0.0541. The van der Waals surface area contributed by atoms with Crippen LogP contribution >= 0.6 is 0 Å². The second-order valence-corrected chi connectivity index (χ2v) is 14.5. The predicted molar refractivity (Wildman–Crippen MR) is 316 cm³/mol. The lowest BCUT2D eigenvalue weighted by molar-refractivity contribution is 0.437. The second kappa shape index (κ2) is 37.1. The summed E-state index contributed by atoms with van der Waals surface area (Å²) in [7, 11) is 12.0. The van der Waals surface area contributed by atoms with Crippen molar-refractivity contribution in [1.29, 1.82) is 0 Å². The van der Waals surface area contributed by atoms with Crippen molar-refractivity contribution in [3.8, 4) is 0 Å². The van der Waals surface area contributed by atoms with E-state index >= 15 is 0 Å². The Labute approximate surface area is 419 Å². The number of hydrogen-bond acceptors (Lipinski definition) is 8. The van der Waals surface area contributed by atoms with E-state index in [1.165, 1.54) is 134 Å². The number of benzene rings is 10. The Morgan fingerprint density at radius 1 is 0.243 bits per heavy atom. The number of rotatable bonds is 0. The van der Waals surface area contributed by atoms with Crippen molar-refractivity contribution < 1.29 is 0 Å². The molecular weight excluding hydrogens is 857 g/mol. The fourth-order valence-electron chi connectivity index (χ4n) is 8.29. The second-order valence-electron chi connectivity index (χ2n) is 14.5. The van der Waals surface area contributed by atoms with Crippen LogP contribution in [-0.2, 0) is 12.8 Å². The molecule has 2 aliphatic rings. The monoisotopic (exact) mass is 939 g/mol. The third-order valence-corrected chi connectivity index (χ3v) is 11.1. The lowest BCUT2D eigenvalue weighted by Gasteiger charge is -2.30. The van der Waals surface area contributed by atoms with Gasteiger partial charge in [0.2, 0.25) is 0 Å². The van der Waals surface area contributed by atoms with E-state index in [9.17, 15) is 0 Å². The molecule has 2 atom stereocenters. The minimum Gasteiger partial charge on any atom is -0.333 e. The van der Waals surface area contributed by atoms with E-state index in [4.69, 9.17) is 0 Å². The molecule has 0 fully saturated rings. The summed E-state index contributed by atoms with van der Waals surface area (Å²) < 4.78 is 0. The van der Waals surface area contributed by atoms with Gasteiger partial charge in [0.1, 0.15) is 0 Å². The molecule has 0 aliphatic heterocycles. The van der Waals surface area contributed by atoms with Crippen LogP contribution in [0.15, 0.2) is 218 Å². The summed E-state index contributed by atoms with van der Waals surface area (Å²) in [5, 5.41) is 16.0. The highest BCUT2D eigenvalue weighted by Gasteiger charge is 2.25. The van der Waals surface area contributed by atoms with Gasteiger partial charge in [0.15, 0.2) is 0 Å². The maximum absolute atomic E-state index is 4.50. The van der Waals surface area contributed by atoms with Gasteiger partial charge in [-0.3, -0.25) is 0 Å². The molecule has 0 amide bonds. The lowest BCUT2D eigenvalue weighted by atomic mass is 9.74. The van der Waals surface area contributed by atoms with Crippen LogP contribution in [0, 0.1) is 11.8 Å². The first-order valence-electron chi connectivity index (χ1n) is 23.7. The average molecular weight is 939 g/mol. The first-order chi connectivity index (χ1) is 34.8. The van der Waals surface area contributed by atoms with Crippen molar-refractivity contribution in [3.05, 3.63) is 230 Å². The van der Waals surface area contributed by atoms with Gasteiger partial charge in [-0.1, -0.05) is 206 Å². The Kier molecular flexibility index (Phi) is 32.5. The van der Waals surface area contributed by atoms with E-state index < -0.39 is 0 Å². The van der Waals surface area contributed by atoms with Crippen molar-refractivity contribution in [2.45, 2.75) is 12.8 Å². The summed E-state index contributed by atoms with van der Waals surface area (Å²) >= 11 is 0. The summed E-state index contributed by atoms with van der Waals surface area (Å²) in [6, 6.07) is 68.9. The average Bonchev–Trinajstić information content (AvgIpc) is 3.48. The lowest BCUT2D eigenvalue weighted by Crippen LogP contribution is -2.23. The normalized spacial score (nSPS) is 12.6. The Morgan fingerprint density at radius 2 is 0.457 bits per heavy atom. The molecule has 370 valence electrons. The highest BCUT2D eigenvalue weighted by Crippen LogP contribution is 2.35. The maximum atomic E-state index is 4.50. The molecule has 0 aromatic heterocycles. The van der Waals surface area contributed by atoms with Crippen molar-refractivity contribution in [3.63, 3.8) is 0 Å². The molecule has 0 radical (unpaired) electrons. The number of nitrogens with two attached hydrogens (primary N) is 8. The van der Waals surface area contributed by atoms with Gasteiger partial charge in [-0.05, 0) is 169 Å². The fraction of sp³-hybridized carbons (Fsp3) is 0.194. The van der Waals surface area contributed by atoms with Crippen molar-refractivity contribution in [2.75, 3.05) is 56.4 Å². The molecule has 8 heteroatoms. The van der Waals surface area contributed by atoms with Gasteiger partial charge in [0, 0.05) is 0 Å². The zero-order valence-electron chi connectivity index (χ0n) is 43.0. The zero-order valence-corrected chi connectivity index (χ0v) is 43.0. The van der Waals surface area contributed by atoms with Crippen LogP contribution in [0.2, 0.25) is 0 Å². The largest absolute Gasteiger partial charge is 0.333 e. The van der Waals surface area contributed by atoms with E-state index in [-0.39, 0.29) is 0 Å². The zero-order chi connectivity index (χ0) is 52.1. The Balaban J connectivity index is 0.000000428. The Morgan fingerprint density at radius 3 is 0.714 bits per heavy atom. The summed E-state index contributed by atoms with van der Waals surface area (Å²) in [4.78, 5) is 0. The van der Waals surface area contributed by atoms with Gasteiger partial charge in [0.05, 0.1) is 0 Å². The van der Waals surface area contributed by atoms with Crippen molar-refractivity contribution >= 4 is 64.6 Å². The van der Waals surface area contributed by atoms with Crippen molar-refractivity contribution in [2.24, 2.45) is 57.7 Å². The minimum atomic E-state index is 0.745. The van der Waals surface area contributed by atoms with Crippen LogP contribution in [0.5, 0.6) is 0 Å². The predicted octanol–water partition coefficient (Wildman–Crippen LogP) is 11.2. The van der Waals surface area contributed by atoms with Crippen molar-refractivity contribution in [1.82, 2.24) is 0 Å². The van der Waals surface area contributed by atoms with Gasteiger partial charge in [-0.25, -0.2) is 0 Å². The Hall–Kier alpha value is -6.82. The smallest absolute Gasteiger partial charge is 0.00268 e. The first-order valence-corrected chi connectivity index (χ1v) is 23.7. The van der Waals surface area contributed by atoms with Crippen LogP contribution in [0.1, 0.15) is 11.1 Å². The fourth-order valence-corrected chi connectivity index (χ4v) is 8.29. The van der Waals surface area contributed by atoms with E-state index in [2.05, 4.69) is 264 Å². The van der Waals surface area contributed by atoms with Crippen LogP contribution in [0.4, 0.5) is 0 Å². The molecular formula is C62H82N8. The molecule has 0 spiro atoms. The number of allylic oxidation sites excluding steroid dienone is 4. The van der Waals surface area contributed by atoms with Crippen LogP contribution in [-0.4, -0.2) is 56.4 Å². The van der Waals surface area contributed by atoms with Gasteiger partial charge in [-0.15, -0.1) is 0 Å². The molecule has 0 heterocycles. The molecule has 8 nitrogen and oxygen atoms in total. The number of hydrogen-bond donors (Lipinski definition) is 8. The highest BCUT2D eigenvalue weighted by molar-refractivity contribution is 6.22. The third kappa shape index (κ3) is 17.3. The summed E-state index contributed by atoms with van der Waals surface area (Å²) in [6.45, 7) is 0. The molecule has 10 aromatic rings. The van der Waals surface area contributed by atoms with Gasteiger partial charge in [0.25, 0.3) is 0 Å². The molecule has 2 aliphatic carbocycles.